The highest BCUT2D eigenvalue weighted by Crippen LogP contribution is 2.05. The van der Waals surface area contributed by atoms with Crippen molar-refractivity contribution in [3.05, 3.63) is 42.1 Å². The predicted molar refractivity (Wildman–Crippen MR) is 80.0 cm³/mol. The second-order valence-electron chi connectivity index (χ2n) is 4.60. The fourth-order valence-electron chi connectivity index (χ4n) is 1.86. The molecule has 0 spiro atoms. The van der Waals surface area contributed by atoms with Crippen LogP contribution in [0.4, 0.5) is 5.82 Å². The molecule has 1 amide bonds. The molecule has 1 N–H and O–H groups in total. The zero-order valence-electron chi connectivity index (χ0n) is 12.4. The van der Waals surface area contributed by atoms with Crippen LogP contribution >= 0.6 is 0 Å². The second-order valence-corrected chi connectivity index (χ2v) is 4.60. The Kier molecular flexibility index (Phi) is 5.65. The number of aryl methyl sites for hydroxylation is 1. The minimum Gasteiger partial charge on any atom is -0.465 e. The van der Waals surface area contributed by atoms with Crippen molar-refractivity contribution in [1.82, 2.24) is 15.0 Å². The molecule has 0 aliphatic carbocycles. The molecule has 0 aliphatic rings. The van der Waals surface area contributed by atoms with Crippen LogP contribution in [0.2, 0.25) is 0 Å². The quantitative estimate of drug-likeness (QED) is 0.782. The summed E-state index contributed by atoms with van der Waals surface area (Å²) in [7, 11) is 0. The van der Waals surface area contributed by atoms with Gasteiger partial charge in [-0.1, -0.05) is 30.3 Å². The first-order valence-corrected chi connectivity index (χ1v) is 7.07. The molecule has 0 aliphatic heterocycles. The van der Waals surface area contributed by atoms with E-state index in [-0.39, 0.29) is 12.5 Å². The normalized spacial score (nSPS) is 10.2. The topological polar surface area (TPSA) is 86.1 Å². The summed E-state index contributed by atoms with van der Waals surface area (Å²) < 4.78 is 4.80. The van der Waals surface area contributed by atoms with Gasteiger partial charge in [-0.15, -0.1) is 5.10 Å². The number of aromatic nitrogens is 3. The van der Waals surface area contributed by atoms with Gasteiger partial charge in [0.15, 0.2) is 12.4 Å². The van der Waals surface area contributed by atoms with E-state index in [4.69, 9.17) is 4.74 Å². The Morgan fingerprint density at radius 2 is 2.05 bits per heavy atom. The van der Waals surface area contributed by atoms with E-state index in [2.05, 4.69) is 15.5 Å². The van der Waals surface area contributed by atoms with Crippen molar-refractivity contribution in [2.45, 2.75) is 26.3 Å². The lowest BCUT2D eigenvalue weighted by Crippen LogP contribution is -2.16. The molecule has 7 heteroatoms. The Balaban J connectivity index is 1.79. The molecule has 22 heavy (non-hydrogen) atoms. The van der Waals surface area contributed by atoms with Crippen molar-refractivity contribution in [1.29, 1.82) is 0 Å². The van der Waals surface area contributed by atoms with E-state index in [9.17, 15) is 9.59 Å². The van der Waals surface area contributed by atoms with E-state index in [1.54, 1.807) is 6.92 Å². The molecule has 2 rings (SSSR count). The smallest absolute Gasteiger partial charge is 0.329 e. The van der Waals surface area contributed by atoms with Crippen molar-refractivity contribution < 1.29 is 14.3 Å². The summed E-state index contributed by atoms with van der Waals surface area (Å²) in [6, 6.07) is 9.76. The van der Waals surface area contributed by atoms with Gasteiger partial charge in [0.05, 0.1) is 12.8 Å². The molecule has 116 valence electrons. The van der Waals surface area contributed by atoms with Crippen LogP contribution in [0, 0.1) is 0 Å². The van der Waals surface area contributed by atoms with Crippen molar-refractivity contribution in [2.24, 2.45) is 0 Å². The predicted octanol–water partition coefficient (Wildman–Crippen LogP) is 1.41. The average molecular weight is 302 g/mol. The first kappa shape index (κ1) is 15.7. The Morgan fingerprint density at radius 3 is 2.77 bits per heavy atom. The number of anilines is 1. The molecule has 0 radical (unpaired) electrons. The number of amides is 1. The Labute approximate surface area is 128 Å². The first-order valence-electron chi connectivity index (χ1n) is 7.07. The first-order chi connectivity index (χ1) is 10.7. The largest absolute Gasteiger partial charge is 0.465 e. The zero-order valence-corrected chi connectivity index (χ0v) is 12.4. The van der Waals surface area contributed by atoms with Gasteiger partial charge < -0.3 is 10.1 Å². The number of ether oxygens (including phenoxy) is 1. The maximum Gasteiger partial charge on any atom is 0.329 e. The van der Waals surface area contributed by atoms with Gasteiger partial charge in [0, 0.05) is 6.42 Å². The third kappa shape index (κ3) is 5.01. The molecule has 0 unspecified atom stereocenters. The van der Waals surface area contributed by atoms with E-state index in [0.29, 0.717) is 25.3 Å². The number of hydrogen-bond donors (Lipinski definition) is 1. The van der Waals surface area contributed by atoms with E-state index in [1.807, 2.05) is 30.3 Å². The molecular weight excluding hydrogens is 284 g/mol. The van der Waals surface area contributed by atoms with Crippen LogP contribution in [-0.4, -0.2) is 33.5 Å². The summed E-state index contributed by atoms with van der Waals surface area (Å²) in [6.45, 7) is 1.96. The molecule has 2 aromatic rings. The second kappa shape index (κ2) is 7.92. The summed E-state index contributed by atoms with van der Waals surface area (Å²) in [5.74, 6) is -0.241. The Hall–Kier alpha value is -2.70. The van der Waals surface area contributed by atoms with Gasteiger partial charge in [-0.25, -0.2) is 4.79 Å². The van der Waals surface area contributed by atoms with Crippen molar-refractivity contribution >= 4 is 17.7 Å². The Bertz CT molecular complexity index is 625. The molecule has 1 aromatic carbocycles. The maximum atomic E-state index is 11.8. The number of hydrogen-bond acceptors (Lipinski definition) is 5. The lowest BCUT2D eigenvalue weighted by atomic mass is 10.1. The number of rotatable bonds is 7. The van der Waals surface area contributed by atoms with Gasteiger partial charge in [0.2, 0.25) is 5.91 Å². The standard InChI is InChI=1S/C15H18N4O3/c1-2-22-15(21)11-19-16-10-13(18-19)17-14(20)9-8-12-6-4-3-5-7-12/h3-7,10H,2,8-9,11H2,1H3,(H,17,18,20). The van der Waals surface area contributed by atoms with E-state index >= 15 is 0 Å². The van der Waals surface area contributed by atoms with Gasteiger partial charge >= 0.3 is 5.97 Å². The molecule has 0 atom stereocenters. The third-order valence-electron chi connectivity index (χ3n) is 2.86. The van der Waals surface area contributed by atoms with Crippen molar-refractivity contribution in [3.8, 4) is 0 Å². The summed E-state index contributed by atoms with van der Waals surface area (Å²) in [6.07, 6.45) is 2.41. The number of esters is 1. The van der Waals surface area contributed by atoms with E-state index in [0.717, 1.165) is 5.56 Å². The van der Waals surface area contributed by atoms with Gasteiger partial charge in [-0.2, -0.15) is 9.90 Å². The van der Waals surface area contributed by atoms with Gasteiger partial charge in [-0.05, 0) is 18.9 Å². The van der Waals surface area contributed by atoms with E-state index < -0.39 is 5.97 Å². The van der Waals surface area contributed by atoms with Gasteiger partial charge in [-0.3, -0.25) is 4.79 Å². The summed E-state index contributed by atoms with van der Waals surface area (Å²) in [5, 5.41) is 10.6. The molecule has 0 saturated carbocycles. The minimum atomic E-state index is -0.417. The zero-order chi connectivity index (χ0) is 15.8. The molecule has 1 heterocycles. The lowest BCUT2D eigenvalue weighted by Gasteiger charge is -2.02. The molecule has 1 aromatic heterocycles. The number of benzene rings is 1. The lowest BCUT2D eigenvalue weighted by molar-refractivity contribution is -0.144. The average Bonchev–Trinajstić information content (AvgIpc) is 2.93. The summed E-state index contributed by atoms with van der Waals surface area (Å²) in [5.41, 5.74) is 1.10. The number of nitrogens with zero attached hydrogens (tertiary/aromatic N) is 3. The minimum absolute atomic E-state index is 0.0757. The van der Waals surface area contributed by atoms with Gasteiger partial charge in [0.1, 0.15) is 0 Å². The molecule has 0 bridgehead atoms. The van der Waals surface area contributed by atoms with Gasteiger partial charge in [0.25, 0.3) is 0 Å². The number of carbonyl (C=O) groups is 2. The molecule has 0 fully saturated rings. The van der Waals surface area contributed by atoms with Crippen molar-refractivity contribution in [2.75, 3.05) is 11.9 Å². The molecule has 7 nitrogen and oxygen atoms in total. The fourth-order valence-corrected chi connectivity index (χ4v) is 1.86. The summed E-state index contributed by atoms with van der Waals surface area (Å²) in [4.78, 5) is 24.3. The van der Waals surface area contributed by atoms with Crippen LogP contribution in [0.25, 0.3) is 0 Å². The van der Waals surface area contributed by atoms with E-state index in [1.165, 1.54) is 11.0 Å². The Morgan fingerprint density at radius 1 is 1.27 bits per heavy atom. The SMILES string of the molecule is CCOC(=O)Cn1ncc(NC(=O)CCc2ccccc2)n1. The van der Waals surface area contributed by atoms with Crippen LogP contribution in [0.15, 0.2) is 36.5 Å². The number of carbonyl (C=O) groups excluding carboxylic acids is 2. The van der Waals surface area contributed by atoms with Crippen molar-refractivity contribution in [3.63, 3.8) is 0 Å². The van der Waals surface area contributed by atoms with Crippen LogP contribution in [0.1, 0.15) is 18.9 Å². The maximum absolute atomic E-state index is 11.8. The monoisotopic (exact) mass is 302 g/mol. The van der Waals surface area contributed by atoms with Crippen LogP contribution in [0.5, 0.6) is 0 Å². The fraction of sp³-hybridized carbons (Fsp3) is 0.333. The highest BCUT2D eigenvalue weighted by Gasteiger charge is 2.09. The molecule has 0 saturated heterocycles. The summed E-state index contributed by atoms with van der Waals surface area (Å²) >= 11 is 0. The number of nitrogens with one attached hydrogen (secondary N) is 1. The highest BCUT2D eigenvalue weighted by atomic mass is 16.5. The molecular formula is C15H18N4O3. The highest BCUT2D eigenvalue weighted by molar-refractivity contribution is 5.89. The van der Waals surface area contributed by atoms with Crippen LogP contribution < -0.4 is 5.32 Å². The third-order valence-corrected chi connectivity index (χ3v) is 2.86. The van der Waals surface area contributed by atoms with Crippen LogP contribution in [0.3, 0.4) is 0 Å². The van der Waals surface area contributed by atoms with Crippen LogP contribution in [-0.2, 0) is 27.3 Å².